The fraction of sp³-hybridized carbons (Fsp3) is 0.467. The van der Waals surface area contributed by atoms with Gasteiger partial charge in [0.15, 0.2) is 0 Å². The van der Waals surface area contributed by atoms with Crippen molar-refractivity contribution in [3.63, 3.8) is 0 Å². The average Bonchev–Trinajstić information content (AvgIpc) is 2.67. The number of amides is 1. The molecule has 4 nitrogen and oxygen atoms in total. The number of nitrogens with zero attached hydrogens (tertiary/aromatic N) is 1. The van der Waals surface area contributed by atoms with Crippen molar-refractivity contribution in [3.05, 3.63) is 29.8 Å². The standard InChI is InChI=1S/C15H21N3OS/c16-15(20)12-6-5-7-13(10-12)17-14(19)11-18-8-3-1-2-4-9-18/h5-7,10H,1-4,8-9,11H2,(H2,16,20)(H,17,19). The first kappa shape index (κ1) is 14.9. The van der Waals surface area contributed by atoms with Crippen LogP contribution in [0.15, 0.2) is 24.3 Å². The van der Waals surface area contributed by atoms with Gasteiger partial charge in [0, 0.05) is 11.3 Å². The first-order valence-electron chi connectivity index (χ1n) is 7.07. The molecule has 1 saturated heterocycles. The highest BCUT2D eigenvalue weighted by Gasteiger charge is 2.13. The van der Waals surface area contributed by atoms with Crippen LogP contribution in [0, 0.1) is 0 Å². The number of hydrogen-bond donors (Lipinski definition) is 2. The first-order valence-corrected chi connectivity index (χ1v) is 7.48. The Morgan fingerprint density at radius 3 is 2.60 bits per heavy atom. The Morgan fingerprint density at radius 1 is 1.25 bits per heavy atom. The quantitative estimate of drug-likeness (QED) is 0.835. The fourth-order valence-electron chi connectivity index (χ4n) is 2.45. The molecule has 20 heavy (non-hydrogen) atoms. The largest absolute Gasteiger partial charge is 0.389 e. The first-order chi connectivity index (χ1) is 9.65. The Kier molecular flexibility index (Phi) is 5.49. The van der Waals surface area contributed by atoms with Crippen molar-refractivity contribution in [2.45, 2.75) is 25.7 Å². The third-order valence-electron chi connectivity index (χ3n) is 3.50. The van der Waals surface area contributed by atoms with E-state index >= 15 is 0 Å². The van der Waals surface area contributed by atoms with Crippen LogP contribution in [0.4, 0.5) is 5.69 Å². The molecule has 0 aromatic heterocycles. The number of nitrogens with two attached hydrogens (primary N) is 1. The van der Waals surface area contributed by atoms with Crippen LogP contribution in [-0.2, 0) is 4.79 Å². The Balaban J connectivity index is 1.90. The van der Waals surface area contributed by atoms with Crippen molar-refractivity contribution < 1.29 is 4.79 Å². The van der Waals surface area contributed by atoms with E-state index in [9.17, 15) is 4.79 Å². The van der Waals surface area contributed by atoms with Crippen molar-refractivity contribution in [1.82, 2.24) is 4.90 Å². The van der Waals surface area contributed by atoms with Gasteiger partial charge in [0.25, 0.3) is 0 Å². The van der Waals surface area contributed by atoms with Gasteiger partial charge >= 0.3 is 0 Å². The van der Waals surface area contributed by atoms with E-state index in [1.807, 2.05) is 24.3 Å². The zero-order valence-electron chi connectivity index (χ0n) is 11.6. The molecule has 0 bridgehead atoms. The summed E-state index contributed by atoms with van der Waals surface area (Å²) in [6, 6.07) is 7.34. The molecule has 0 spiro atoms. The van der Waals surface area contributed by atoms with Gasteiger partial charge < -0.3 is 11.1 Å². The smallest absolute Gasteiger partial charge is 0.238 e. The number of benzene rings is 1. The van der Waals surface area contributed by atoms with Gasteiger partial charge in [-0.3, -0.25) is 9.69 Å². The van der Waals surface area contributed by atoms with Crippen molar-refractivity contribution in [1.29, 1.82) is 0 Å². The normalized spacial score (nSPS) is 16.4. The monoisotopic (exact) mass is 291 g/mol. The van der Waals surface area contributed by atoms with Gasteiger partial charge in [-0.15, -0.1) is 0 Å². The van der Waals surface area contributed by atoms with Crippen LogP contribution in [0.2, 0.25) is 0 Å². The van der Waals surface area contributed by atoms with E-state index in [1.165, 1.54) is 25.7 Å². The van der Waals surface area contributed by atoms with Gasteiger partial charge in [0.1, 0.15) is 4.99 Å². The lowest BCUT2D eigenvalue weighted by atomic mass is 10.2. The summed E-state index contributed by atoms with van der Waals surface area (Å²) in [4.78, 5) is 14.6. The second kappa shape index (κ2) is 7.36. The number of hydrogen-bond acceptors (Lipinski definition) is 3. The third-order valence-corrected chi connectivity index (χ3v) is 3.73. The molecular formula is C15H21N3OS. The van der Waals surface area contributed by atoms with Crippen LogP contribution in [0.5, 0.6) is 0 Å². The van der Waals surface area contributed by atoms with Crippen molar-refractivity contribution >= 4 is 28.8 Å². The molecule has 0 radical (unpaired) electrons. The molecule has 0 atom stereocenters. The van der Waals surface area contributed by atoms with Crippen molar-refractivity contribution in [2.75, 3.05) is 25.0 Å². The maximum absolute atomic E-state index is 12.1. The summed E-state index contributed by atoms with van der Waals surface area (Å²) in [6.07, 6.45) is 4.91. The second-order valence-electron chi connectivity index (χ2n) is 5.18. The lowest BCUT2D eigenvalue weighted by Crippen LogP contribution is -2.33. The summed E-state index contributed by atoms with van der Waals surface area (Å²) in [6.45, 7) is 2.48. The summed E-state index contributed by atoms with van der Waals surface area (Å²) >= 11 is 4.94. The molecule has 1 aliphatic heterocycles. The minimum absolute atomic E-state index is 0.0204. The predicted octanol–water partition coefficient (Wildman–Crippen LogP) is 2.14. The number of thiocarbonyl (C=S) groups is 1. The summed E-state index contributed by atoms with van der Waals surface area (Å²) in [5.74, 6) is 0.0204. The summed E-state index contributed by atoms with van der Waals surface area (Å²) in [5.41, 5.74) is 7.11. The number of carbonyl (C=O) groups excluding carboxylic acids is 1. The van der Waals surface area contributed by atoms with Crippen molar-refractivity contribution in [3.8, 4) is 0 Å². The Hall–Kier alpha value is -1.46. The maximum atomic E-state index is 12.1. The average molecular weight is 291 g/mol. The molecule has 1 amide bonds. The van der Waals surface area contributed by atoms with E-state index < -0.39 is 0 Å². The molecule has 1 aromatic carbocycles. The predicted molar refractivity (Wildman–Crippen MR) is 85.9 cm³/mol. The highest BCUT2D eigenvalue weighted by Crippen LogP contribution is 2.12. The summed E-state index contributed by atoms with van der Waals surface area (Å²) in [5, 5.41) is 2.91. The molecule has 5 heteroatoms. The van der Waals surface area contributed by atoms with Crippen LogP contribution in [0.25, 0.3) is 0 Å². The van der Waals surface area contributed by atoms with Gasteiger partial charge in [-0.2, -0.15) is 0 Å². The highest BCUT2D eigenvalue weighted by molar-refractivity contribution is 7.80. The second-order valence-corrected chi connectivity index (χ2v) is 5.62. The van der Waals surface area contributed by atoms with E-state index in [0.29, 0.717) is 11.5 Å². The van der Waals surface area contributed by atoms with Gasteiger partial charge in [-0.1, -0.05) is 37.2 Å². The number of carbonyl (C=O) groups is 1. The van der Waals surface area contributed by atoms with Crippen LogP contribution in [-0.4, -0.2) is 35.4 Å². The third kappa shape index (κ3) is 4.58. The lowest BCUT2D eigenvalue weighted by molar-refractivity contribution is -0.117. The zero-order chi connectivity index (χ0) is 14.4. The van der Waals surface area contributed by atoms with E-state index in [4.69, 9.17) is 18.0 Å². The molecule has 1 fully saturated rings. The molecular weight excluding hydrogens is 270 g/mol. The SMILES string of the molecule is NC(=S)c1cccc(NC(=O)CN2CCCCCC2)c1. The lowest BCUT2D eigenvalue weighted by Gasteiger charge is -2.19. The van der Waals surface area contributed by atoms with Crippen LogP contribution >= 0.6 is 12.2 Å². The molecule has 3 N–H and O–H groups in total. The highest BCUT2D eigenvalue weighted by atomic mass is 32.1. The van der Waals surface area contributed by atoms with Gasteiger partial charge in [0.2, 0.25) is 5.91 Å². The van der Waals surface area contributed by atoms with Crippen LogP contribution in [0.1, 0.15) is 31.2 Å². The molecule has 0 aliphatic carbocycles. The molecule has 1 heterocycles. The number of rotatable bonds is 4. The Bertz CT molecular complexity index is 482. The number of anilines is 1. The van der Waals surface area contributed by atoms with E-state index in [2.05, 4.69) is 10.2 Å². The molecule has 2 rings (SSSR count). The Labute approximate surface area is 125 Å². The van der Waals surface area contributed by atoms with Gasteiger partial charge in [-0.05, 0) is 38.1 Å². The summed E-state index contributed by atoms with van der Waals surface area (Å²) < 4.78 is 0. The number of likely N-dealkylation sites (tertiary alicyclic amines) is 1. The molecule has 1 aromatic rings. The molecule has 0 unspecified atom stereocenters. The number of nitrogens with one attached hydrogen (secondary N) is 1. The molecule has 108 valence electrons. The fourth-order valence-corrected chi connectivity index (χ4v) is 2.58. The Morgan fingerprint density at radius 2 is 1.95 bits per heavy atom. The van der Waals surface area contributed by atoms with Crippen LogP contribution in [0.3, 0.4) is 0 Å². The topological polar surface area (TPSA) is 58.4 Å². The van der Waals surface area contributed by atoms with Crippen LogP contribution < -0.4 is 11.1 Å². The van der Waals surface area contributed by atoms with Crippen molar-refractivity contribution in [2.24, 2.45) is 5.73 Å². The zero-order valence-corrected chi connectivity index (χ0v) is 12.4. The van der Waals surface area contributed by atoms with E-state index in [1.54, 1.807) is 0 Å². The molecule has 0 saturated carbocycles. The minimum Gasteiger partial charge on any atom is -0.389 e. The van der Waals surface area contributed by atoms with E-state index in [0.717, 1.165) is 24.3 Å². The molecule has 1 aliphatic rings. The minimum atomic E-state index is 0.0204. The maximum Gasteiger partial charge on any atom is 0.238 e. The van der Waals surface area contributed by atoms with Gasteiger partial charge in [-0.25, -0.2) is 0 Å². The van der Waals surface area contributed by atoms with Gasteiger partial charge in [0.05, 0.1) is 6.54 Å². The van der Waals surface area contributed by atoms with E-state index in [-0.39, 0.29) is 5.91 Å². The summed E-state index contributed by atoms with van der Waals surface area (Å²) in [7, 11) is 0.